The molecule has 4 nitrogen and oxygen atoms in total. The SMILES string of the molecule is c1cnc(N2CCN3CCCCC3C2)c(CNC2CC2)c1. The zero-order chi connectivity index (χ0) is 14.1. The average molecular weight is 286 g/mol. The van der Waals surface area contributed by atoms with Crippen LogP contribution in [-0.4, -0.2) is 48.1 Å². The molecule has 3 aliphatic rings. The Morgan fingerprint density at radius 1 is 1.14 bits per heavy atom. The number of pyridine rings is 1. The van der Waals surface area contributed by atoms with Gasteiger partial charge in [0.1, 0.15) is 5.82 Å². The summed E-state index contributed by atoms with van der Waals surface area (Å²) in [5, 5.41) is 3.63. The molecule has 2 saturated heterocycles. The molecule has 3 heterocycles. The summed E-state index contributed by atoms with van der Waals surface area (Å²) < 4.78 is 0. The topological polar surface area (TPSA) is 31.4 Å². The number of fused-ring (bicyclic) bond motifs is 1. The number of anilines is 1. The van der Waals surface area contributed by atoms with Gasteiger partial charge in [0.05, 0.1) is 0 Å². The van der Waals surface area contributed by atoms with E-state index in [2.05, 4.69) is 27.2 Å². The van der Waals surface area contributed by atoms with E-state index in [1.165, 1.54) is 56.6 Å². The Balaban J connectivity index is 1.47. The van der Waals surface area contributed by atoms with E-state index >= 15 is 0 Å². The molecule has 114 valence electrons. The fourth-order valence-electron chi connectivity index (χ4n) is 3.74. The average Bonchev–Trinajstić information content (AvgIpc) is 3.37. The van der Waals surface area contributed by atoms with Gasteiger partial charge in [0.2, 0.25) is 0 Å². The van der Waals surface area contributed by atoms with E-state index in [0.29, 0.717) is 0 Å². The van der Waals surface area contributed by atoms with E-state index in [1.807, 2.05) is 6.20 Å². The highest BCUT2D eigenvalue weighted by molar-refractivity contribution is 5.47. The molecular weight excluding hydrogens is 260 g/mol. The van der Waals surface area contributed by atoms with Gasteiger partial charge in [0, 0.05) is 50.0 Å². The van der Waals surface area contributed by atoms with Crippen LogP contribution in [0.1, 0.15) is 37.7 Å². The number of nitrogens with zero attached hydrogens (tertiary/aromatic N) is 3. The summed E-state index contributed by atoms with van der Waals surface area (Å²) in [5.41, 5.74) is 1.37. The van der Waals surface area contributed by atoms with E-state index in [0.717, 1.165) is 31.7 Å². The van der Waals surface area contributed by atoms with E-state index in [1.54, 1.807) is 0 Å². The van der Waals surface area contributed by atoms with Crippen molar-refractivity contribution in [3.05, 3.63) is 23.9 Å². The first kappa shape index (κ1) is 13.5. The first-order valence-corrected chi connectivity index (χ1v) is 8.56. The third-order valence-electron chi connectivity index (χ3n) is 5.16. The van der Waals surface area contributed by atoms with Crippen LogP contribution in [-0.2, 0) is 6.54 Å². The number of piperazine rings is 1. The standard InChI is InChI=1S/C17H26N4/c1-2-9-20-10-11-21(13-16(20)5-1)17-14(4-3-8-18-17)12-19-15-6-7-15/h3-4,8,15-16,19H,1-2,5-7,9-13H2. The van der Waals surface area contributed by atoms with E-state index in [-0.39, 0.29) is 0 Å². The summed E-state index contributed by atoms with van der Waals surface area (Å²) >= 11 is 0. The van der Waals surface area contributed by atoms with Crippen LogP contribution in [0.5, 0.6) is 0 Å². The first-order valence-electron chi connectivity index (χ1n) is 8.56. The molecule has 4 heteroatoms. The monoisotopic (exact) mass is 286 g/mol. The molecule has 0 bridgehead atoms. The van der Waals surface area contributed by atoms with Gasteiger partial charge in [-0.3, -0.25) is 4.90 Å². The van der Waals surface area contributed by atoms with Crippen molar-refractivity contribution in [1.29, 1.82) is 0 Å². The second-order valence-electron chi connectivity index (χ2n) is 6.77. The van der Waals surface area contributed by atoms with Gasteiger partial charge in [-0.25, -0.2) is 4.98 Å². The lowest BCUT2D eigenvalue weighted by Gasteiger charge is -2.44. The molecule has 1 atom stereocenters. The van der Waals surface area contributed by atoms with Crippen molar-refractivity contribution < 1.29 is 0 Å². The summed E-state index contributed by atoms with van der Waals surface area (Å²) in [5.74, 6) is 1.22. The normalized spacial score (nSPS) is 26.7. The summed E-state index contributed by atoms with van der Waals surface area (Å²) in [6.07, 6.45) is 8.78. The Morgan fingerprint density at radius 2 is 2.10 bits per heavy atom. The number of rotatable bonds is 4. The molecule has 1 N–H and O–H groups in total. The van der Waals surface area contributed by atoms with Gasteiger partial charge < -0.3 is 10.2 Å². The number of hydrogen-bond acceptors (Lipinski definition) is 4. The number of aromatic nitrogens is 1. The van der Waals surface area contributed by atoms with Gasteiger partial charge in [0.25, 0.3) is 0 Å². The van der Waals surface area contributed by atoms with Gasteiger partial charge in [0.15, 0.2) is 0 Å². The van der Waals surface area contributed by atoms with Crippen molar-refractivity contribution in [3.8, 4) is 0 Å². The van der Waals surface area contributed by atoms with Crippen molar-refractivity contribution in [1.82, 2.24) is 15.2 Å². The van der Waals surface area contributed by atoms with Crippen molar-refractivity contribution >= 4 is 5.82 Å². The molecule has 2 aliphatic heterocycles. The maximum atomic E-state index is 4.71. The van der Waals surface area contributed by atoms with Crippen LogP contribution in [0.25, 0.3) is 0 Å². The summed E-state index contributed by atoms with van der Waals surface area (Å²) in [6, 6.07) is 5.82. The van der Waals surface area contributed by atoms with Crippen molar-refractivity contribution in [3.63, 3.8) is 0 Å². The highest BCUT2D eigenvalue weighted by Gasteiger charge is 2.30. The predicted octanol–water partition coefficient (Wildman–Crippen LogP) is 2.01. The Morgan fingerprint density at radius 3 is 3.00 bits per heavy atom. The van der Waals surface area contributed by atoms with Crippen LogP contribution in [0.3, 0.4) is 0 Å². The van der Waals surface area contributed by atoms with E-state index in [9.17, 15) is 0 Å². The summed E-state index contributed by atoms with van der Waals surface area (Å²) in [7, 11) is 0. The molecule has 3 fully saturated rings. The highest BCUT2D eigenvalue weighted by Crippen LogP contribution is 2.26. The maximum Gasteiger partial charge on any atom is 0.133 e. The van der Waals surface area contributed by atoms with Crippen molar-refractivity contribution in [2.24, 2.45) is 0 Å². The Kier molecular flexibility index (Phi) is 3.82. The third kappa shape index (κ3) is 3.06. The van der Waals surface area contributed by atoms with Crippen molar-refractivity contribution in [2.75, 3.05) is 31.1 Å². The number of nitrogens with one attached hydrogen (secondary N) is 1. The Hall–Kier alpha value is -1.13. The molecule has 0 spiro atoms. The molecular formula is C17H26N4. The lowest BCUT2D eigenvalue weighted by atomic mass is 9.99. The fraction of sp³-hybridized carbons (Fsp3) is 0.706. The molecule has 1 aliphatic carbocycles. The first-order chi connectivity index (χ1) is 10.4. The number of piperidine rings is 1. The van der Waals surface area contributed by atoms with Gasteiger partial charge in [-0.1, -0.05) is 12.5 Å². The lowest BCUT2D eigenvalue weighted by Crippen LogP contribution is -2.55. The maximum absolute atomic E-state index is 4.71. The van der Waals surface area contributed by atoms with Gasteiger partial charge in [-0.15, -0.1) is 0 Å². The van der Waals surface area contributed by atoms with Crippen LogP contribution in [0.2, 0.25) is 0 Å². The van der Waals surface area contributed by atoms with Crippen LogP contribution < -0.4 is 10.2 Å². The molecule has 1 aromatic rings. The second kappa shape index (κ2) is 5.93. The summed E-state index contributed by atoms with van der Waals surface area (Å²) in [4.78, 5) is 9.92. The molecule has 1 aromatic heterocycles. The molecule has 4 rings (SSSR count). The van der Waals surface area contributed by atoms with E-state index in [4.69, 9.17) is 4.98 Å². The van der Waals surface area contributed by atoms with Crippen LogP contribution in [0.4, 0.5) is 5.82 Å². The smallest absolute Gasteiger partial charge is 0.133 e. The minimum absolute atomic E-state index is 0.749. The van der Waals surface area contributed by atoms with Gasteiger partial charge in [-0.2, -0.15) is 0 Å². The number of hydrogen-bond donors (Lipinski definition) is 1. The predicted molar refractivity (Wildman–Crippen MR) is 85.5 cm³/mol. The molecule has 1 unspecified atom stereocenters. The molecule has 0 radical (unpaired) electrons. The molecule has 1 saturated carbocycles. The zero-order valence-electron chi connectivity index (χ0n) is 12.8. The van der Waals surface area contributed by atoms with Gasteiger partial charge >= 0.3 is 0 Å². The van der Waals surface area contributed by atoms with Crippen molar-refractivity contribution in [2.45, 2.75) is 50.7 Å². The molecule has 21 heavy (non-hydrogen) atoms. The second-order valence-corrected chi connectivity index (χ2v) is 6.77. The molecule has 0 aromatic carbocycles. The third-order valence-corrected chi connectivity index (χ3v) is 5.16. The minimum Gasteiger partial charge on any atom is -0.353 e. The quantitative estimate of drug-likeness (QED) is 0.917. The minimum atomic E-state index is 0.749. The fourth-order valence-corrected chi connectivity index (χ4v) is 3.74. The van der Waals surface area contributed by atoms with Crippen LogP contribution in [0.15, 0.2) is 18.3 Å². The van der Waals surface area contributed by atoms with Crippen LogP contribution in [0, 0.1) is 0 Å². The lowest BCUT2D eigenvalue weighted by molar-refractivity contribution is 0.133. The van der Waals surface area contributed by atoms with Gasteiger partial charge in [-0.05, 0) is 38.3 Å². The Bertz CT molecular complexity index is 485. The largest absolute Gasteiger partial charge is 0.353 e. The molecule has 0 amide bonds. The van der Waals surface area contributed by atoms with Crippen LogP contribution >= 0.6 is 0 Å². The van der Waals surface area contributed by atoms with E-state index < -0.39 is 0 Å². The zero-order valence-corrected chi connectivity index (χ0v) is 12.8. The highest BCUT2D eigenvalue weighted by atomic mass is 15.3. The summed E-state index contributed by atoms with van der Waals surface area (Å²) in [6.45, 7) is 5.77. The Labute approximate surface area is 127 Å².